The minimum Gasteiger partial charge on any atom is -0.497 e. The van der Waals surface area contributed by atoms with E-state index in [4.69, 9.17) is 9.47 Å². The van der Waals surface area contributed by atoms with Crippen LogP contribution >= 0.6 is 0 Å². The highest BCUT2D eigenvalue weighted by Gasteiger charge is 2.31. The predicted molar refractivity (Wildman–Crippen MR) is 129 cm³/mol. The second-order valence-electron chi connectivity index (χ2n) is 7.99. The molecule has 0 spiro atoms. The molecule has 1 amide bonds. The van der Waals surface area contributed by atoms with E-state index >= 15 is 0 Å². The fourth-order valence-electron chi connectivity index (χ4n) is 4.06. The second-order valence-corrected chi connectivity index (χ2v) is 7.99. The van der Waals surface area contributed by atoms with Gasteiger partial charge in [-0.2, -0.15) is 4.98 Å². The minimum atomic E-state index is -0.324. The molecule has 0 radical (unpaired) electrons. The molecule has 1 aromatic heterocycles. The van der Waals surface area contributed by atoms with Gasteiger partial charge in [-0.05, 0) is 41.8 Å². The number of hydrogen-bond donors (Lipinski definition) is 2. The molecule has 172 valence electrons. The van der Waals surface area contributed by atoms with E-state index in [9.17, 15) is 4.79 Å². The molecule has 1 aliphatic heterocycles. The Morgan fingerprint density at radius 2 is 1.68 bits per heavy atom. The zero-order valence-corrected chi connectivity index (χ0v) is 18.7. The van der Waals surface area contributed by atoms with Gasteiger partial charge in [0.15, 0.2) is 6.61 Å². The summed E-state index contributed by atoms with van der Waals surface area (Å²) in [5.74, 6) is 1.95. The van der Waals surface area contributed by atoms with E-state index in [1.54, 1.807) is 19.2 Å². The highest BCUT2D eigenvalue weighted by atomic mass is 16.5. The van der Waals surface area contributed by atoms with Crippen molar-refractivity contribution in [2.45, 2.75) is 18.5 Å². The predicted octanol–water partition coefficient (Wildman–Crippen LogP) is 4.45. The lowest BCUT2D eigenvalue weighted by Gasteiger charge is -2.31. The third-order valence-corrected chi connectivity index (χ3v) is 5.76. The number of amides is 1. The molecule has 0 unspecified atom stereocenters. The maximum absolute atomic E-state index is 12.4. The van der Waals surface area contributed by atoms with Crippen LogP contribution in [-0.2, 0) is 4.79 Å². The number of benzene rings is 3. The SMILES string of the molecule is COc1ccc([C@@H]2C[C@H](c3ccccc3)n3nc(NC(=O)COc4ccccc4)nc3N2)cc1. The minimum absolute atomic E-state index is 0.0257. The number of ether oxygens (including phenoxy) is 2. The molecule has 2 heterocycles. The number of carbonyl (C=O) groups is 1. The number of aromatic nitrogens is 3. The first kappa shape index (κ1) is 21.5. The Morgan fingerprint density at radius 1 is 0.971 bits per heavy atom. The van der Waals surface area contributed by atoms with Crippen LogP contribution in [0.2, 0.25) is 0 Å². The lowest BCUT2D eigenvalue weighted by molar-refractivity contribution is -0.118. The molecule has 0 bridgehead atoms. The van der Waals surface area contributed by atoms with Crippen molar-refractivity contribution in [3.63, 3.8) is 0 Å². The van der Waals surface area contributed by atoms with Crippen LogP contribution in [0.5, 0.6) is 11.5 Å². The van der Waals surface area contributed by atoms with Gasteiger partial charge in [-0.15, -0.1) is 5.10 Å². The fourth-order valence-corrected chi connectivity index (χ4v) is 4.06. The number of rotatable bonds is 7. The Kier molecular flexibility index (Phi) is 6.11. The number of hydrogen-bond acceptors (Lipinski definition) is 6. The second kappa shape index (κ2) is 9.66. The molecule has 0 saturated carbocycles. The molecule has 2 N–H and O–H groups in total. The van der Waals surface area contributed by atoms with Gasteiger partial charge in [-0.25, -0.2) is 4.68 Å². The Bertz CT molecular complexity index is 1240. The van der Waals surface area contributed by atoms with Crippen molar-refractivity contribution in [3.05, 3.63) is 96.1 Å². The third kappa shape index (κ3) is 4.71. The van der Waals surface area contributed by atoms with E-state index in [0.717, 1.165) is 23.3 Å². The van der Waals surface area contributed by atoms with E-state index in [2.05, 4.69) is 32.8 Å². The molecule has 8 nitrogen and oxygen atoms in total. The molecule has 0 saturated heterocycles. The standard InChI is InChI=1S/C26H25N5O3/c1-33-20-14-12-18(13-15-20)22-16-23(19-8-4-2-5-9-19)31-26(27-22)29-25(30-31)28-24(32)17-34-21-10-6-3-7-11-21/h2-15,22-23H,16-17H2,1H3,(H2,27,28,29,30,32)/t22-,23+/m0/s1. The summed E-state index contributed by atoms with van der Waals surface area (Å²) >= 11 is 0. The van der Waals surface area contributed by atoms with Gasteiger partial charge in [0.1, 0.15) is 11.5 Å². The van der Waals surface area contributed by atoms with Crippen LogP contribution < -0.4 is 20.1 Å². The van der Waals surface area contributed by atoms with Crippen molar-refractivity contribution in [1.29, 1.82) is 0 Å². The average Bonchev–Trinajstić information content (AvgIpc) is 3.30. The summed E-state index contributed by atoms with van der Waals surface area (Å²) in [5.41, 5.74) is 2.25. The Balaban J connectivity index is 1.37. The summed E-state index contributed by atoms with van der Waals surface area (Å²) in [6.45, 7) is -0.127. The molecule has 0 aliphatic carbocycles. The summed E-state index contributed by atoms with van der Waals surface area (Å²) < 4.78 is 12.7. The number of fused-ring (bicyclic) bond motifs is 1. The van der Waals surface area contributed by atoms with Crippen LogP contribution in [0.15, 0.2) is 84.9 Å². The molecule has 34 heavy (non-hydrogen) atoms. The Morgan fingerprint density at radius 3 is 2.38 bits per heavy atom. The van der Waals surface area contributed by atoms with Gasteiger partial charge >= 0.3 is 0 Å². The van der Waals surface area contributed by atoms with Gasteiger partial charge in [0.25, 0.3) is 11.9 Å². The Hall–Kier alpha value is -4.33. The number of carbonyl (C=O) groups excluding carboxylic acids is 1. The first-order chi connectivity index (χ1) is 16.7. The van der Waals surface area contributed by atoms with E-state index < -0.39 is 0 Å². The van der Waals surface area contributed by atoms with Gasteiger partial charge in [0.05, 0.1) is 19.2 Å². The van der Waals surface area contributed by atoms with Crippen molar-refractivity contribution >= 4 is 17.8 Å². The van der Waals surface area contributed by atoms with E-state index in [1.165, 1.54) is 0 Å². The maximum Gasteiger partial charge on any atom is 0.264 e. The van der Waals surface area contributed by atoms with Gasteiger partial charge in [-0.1, -0.05) is 60.7 Å². The van der Waals surface area contributed by atoms with Gasteiger partial charge < -0.3 is 14.8 Å². The monoisotopic (exact) mass is 455 g/mol. The zero-order chi connectivity index (χ0) is 23.3. The molecule has 2 atom stereocenters. The molecule has 1 aliphatic rings. The molecule has 8 heteroatoms. The topological polar surface area (TPSA) is 90.3 Å². The summed E-state index contributed by atoms with van der Waals surface area (Å²) in [5, 5.41) is 10.8. The van der Waals surface area contributed by atoms with Crippen molar-refractivity contribution in [2.75, 3.05) is 24.4 Å². The van der Waals surface area contributed by atoms with E-state index in [0.29, 0.717) is 11.7 Å². The maximum atomic E-state index is 12.4. The number of nitrogens with one attached hydrogen (secondary N) is 2. The third-order valence-electron chi connectivity index (χ3n) is 5.76. The quantitative estimate of drug-likeness (QED) is 0.428. The lowest BCUT2D eigenvalue weighted by Crippen LogP contribution is -2.28. The van der Waals surface area contributed by atoms with Gasteiger partial charge in [0.2, 0.25) is 5.95 Å². The lowest BCUT2D eigenvalue weighted by atomic mass is 9.93. The summed E-state index contributed by atoms with van der Waals surface area (Å²) in [6, 6.07) is 27.4. The van der Waals surface area contributed by atoms with Crippen LogP contribution in [0.3, 0.4) is 0 Å². The smallest absolute Gasteiger partial charge is 0.264 e. The van der Waals surface area contributed by atoms with Crippen molar-refractivity contribution < 1.29 is 14.3 Å². The number of para-hydroxylation sites is 1. The molecule has 5 rings (SSSR count). The van der Waals surface area contributed by atoms with E-state index in [1.807, 2.05) is 65.3 Å². The van der Waals surface area contributed by atoms with Gasteiger partial charge in [-0.3, -0.25) is 10.1 Å². The normalized spacial score (nSPS) is 16.7. The summed E-state index contributed by atoms with van der Waals surface area (Å²) in [4.78, 5) is 17.0. The summed E-state index contributed by atoms with van der Waals surface area (Å²) in [6.07, 6.45) is 0.775. The van der Waals surface area contributed by atoms with Crippen LogP contribution in [0, 0.1) is 0 Å². The van der Waals surface area contributed by atoms with Crippen molar-refractivity contribution in [2.24, 2.45) is 0 Å². The van der Waals surface area contributed by atoms with Crippen LogP contribution in [0.25, 0.3) is 0 Å². The first-order valence-corrected chi connectivity index (χ1v) is 11.1. The first-order valence-electron chi connectivity index (χ1n) is 11.1. The highest BCUT2D eigenvalue weighted by molar-refractivity contribution is 5.90. The molecule has 4 aromatic rings. The molecular weight excluding hydrogens is 430 g/mol. The van der Waals surface area contributed by atoms with Crippen LogP contribution in [0.1, 0.15) is 29.6 Å². The van der Waals surface area contributed by atoms with Crippen molar-refractivity contribution in [1.82, 2.24) is 14.8 Å². The number of methoxy groups -OCH3 is 1. The highest BCUT2D eigenvalue weighted by Crippen LogP contribution is 2.38. The molecular formula is C26H25N5O3. The zero-order valence-electron chi connectivity index (χ0n) is 18.7. The summed E-state index contributed by atoms with van der Waals surface area (Å²) in [7, 11) is 1.66. The number of anilines is 2. The van der Waals surface area contributed by atoms with Crippen molar-refractivity contribution in [3.8, 4) is 11.5 Å². The molecule has 0 fully saturated rings. The van der Waals surface area contributed by atoms with Gasteiger partial charge in [0, 0.05) is 0 Å². The Labute approximate surface area is 197 Å². The average molecular weight is 456 g/mol. The molecule has 3 aromatic carbocycles. The van der Waals surface area contributed by atoms with Crippen LogP contribution in [-0.4, -0.2) is 34.4 Å². The van der Waals surface area contributed by atoms with E-state index in [-0.39, 0.29) is 30.5 Å². The number of nitrogens with zero attached hydrogens (tertiary/aromatic N) is 3. The fraction of sp³-hybridized carbons (Fsp3) is 0.192. The largest absolute Gasteiger partial charge is 0.497 e. The van der Waals surface area contributed by atoms with Crippen LogP contribution in [0.4, 0.5) is 11.9 Å².